The number of ether oxygens (including phenoxy) is 1. The van der Waals surface area contributed by atoms with E-state index in [-0.39, 0.29) is 36.2 Å². The quantitative estimate of drug-likeness (QED) is 0.118. The fraction of sp³-hybridized carbons (Fsp3) is 0.900. The summed E-state index contributed by atoms with van der Waals surface area (Å²) in [6.45, 7) is 16.4. The van der Waals surface area contributed by atoms with E-state index >= 15 is 0 Å². The van der Waals surface area contributed by atoms with Crippen molar-refractivity contribution in [1.82, 2.24) is 0 Å². The van der Waals surface area contributed by atoms with Crippen LogP contribution in [0.25, 0.3) is 0 Å². The number of carbonyl (C=O) groups excluding carboxylic acids is 1. The average molecular weight is 484 g/mol. The molecular weight excluding hydrogens is 445 g/mol. The lowest BCUT2D eigenvalue weighted by molar-refractivity contribution is -0.143. The molecular formula is C20H39ClNO6PSi. The number of halogens is 1. The van der Waals surface area contributed by atoms with Crippen molar-refractivity contribution >= 4 is 39.2 Å². The lowest BCUT2D eigenvalue weighted by Gasteiger charge is -2.33. The molecule has 1 aliphatic rings. The Morgan fingerprint density at radius 3 is 2.23 bits per heavy atom. The molecule has 1 rings (SSSR count). The maximum absolute atomic E-state index is 13.3. The second-order valence-electron chi connectivity index (χ2n) is 9.09. The van der Waals surface area contributed by atoms with Gasteiger partial charge in [0, 0.05) is 0 Å². The van der Waals surface area contributed by atoms with Gasteiger partial charge in [0.25, 0.3) is 8.32 Å². The van der Waals surface area contributed by atoms with Crippen LogP contribution in [0.3, 0.4) is 0 Å². The first kappa shape index (κ1) is 27.6. The van der Waals surface area contributed by atoms with E-state index in [1.807, 2.05) is 0 Å². The molecule has 0 N–H and O–H groups in total. The zero-order valence-electron chi connectivity index (χ0n) is 19.7. The molecule has 0 aromatic carbocycles. The van der Waals surface area contributed by atoms with Crippen molar-refractivity contribution in [1.29, 1.82) is 0 Å². The molecule has 0 bridgehead atoms. The van der Waals surface area contributed by atoms with Gasteiger partial charge in [-0.05, 0) is 64.1 Å². The highest BCUT2D eigenvalue weighted by atomic mass is 35.5. The van der Waals surface area contributed by atoms with Crippen molar-refractivity contribution in [3.8, 4) is 0 Å². The molecule has 0 spiro atoms. The molecule has 3 atom stereocenters. The van der Waals surface area contributed by atoms with E-state index in [2.05, 4.69) is 39.0 Å². The Morgan fingerprint density at radius 1 is 1.20 bits per heavy atom. The molecule has 0 aromatic heterocycles. The minimum absolute atomic E-state index is 0.0120. The van der Waals surface area contributed by atoms with Crippen LogP contribution in [0, 0.1) is 5.92 Å². The molecule has 1 saturated carbocycles. The molecule has 0 heterocycles. The predicted molar refractivity (Wildman–Crippen MR) is 124 cm³/mol. The first-order valence-electron chi connectivity index (χ1n) is 10.8. The second kappa shape index (κ2) is 11.5. The molecule has 30 heavy (non-hydrogen) atoms. The summed E-state index contributed by atoms with van der Waals surface area (Å²) < 4.78 is 35.4. The lowest BCUT2D eigenvalue weighted by atomic mass is 10.0. The highest BCUT2D eigenvalue weighted by molar-refractivity contribution is 7.55. The maximum Gasteiger partial charge on any atom is 0.344 e. The summed E-state index contributed by atoms with van der Waals surface area (Å²) in [5.41, 5.74) is -0.205. The van der Waals surface area contributed by atoms with Gasteiger partial charge >= 0.3 is 13.6 Å². The number of hydrogen-bond donors (Lipinski definition) is 0. The monoisotopic (exact) mass is 483 g/mol. The van der Waals surface area contributed by atoms with E-state index in [0.717, 1.165) is 5.71 Å². The number of carbonyl (C=O) groups is 1. The van der Waals surface area contributed by atoms with Crippen molar-refractivity contribution in [3.63, 3.8) is 0 Å². The number of oxime groups is 1. The Labute approximate surface area is 187 Å². The van der Waals surface area contributed by atoms with Gasteiger partial charge in [0.1, 0.15) is 0 Å². The molecule has 0 radical (unpaired) electrons. The van der Waals surface area contributed by atoms with Crippen molar-refractivity contribution < 1.29 is 27.7 Å². The van der Waals surface area contributed by atoms with Crippen LogP contribution in [-0.4, -0.2) is 50.9 Å². The largest absolute Gasteiger partial charge is 0.465 e. The molecule has 0 saturated heterocycles. The van der Waals surface area contributed by atoms with E-state index in [0.29, 0.717) is 19.3 Å². The molecule has 10 heteroatoms. The third kappa shape index (κ3) is 7.33. The van der Waals surface area contributed by atoms with Crippen LogP contribution >= 0.6 is 19.2 Å². The fourth-order valence-corrected chi connectivity index (χ4v) is 6.05. The molecule has 0 aromatic rings. The number of alkyl halides is 1. The average Bonchev–Trinajstić information content (AvgIpc) is 2.97. The zero-order valence-corrected chi connectivity index (χ0v) is 22.3. The first-order valence-corrected chi connectivity index (χ1v) is 15.7. The highest BCUT2D eigenvalue weighted by Crippen LogP contribution is 2.56. The predicted octanol–water partition coefficient (Wildman–Crippen LogP) is 5.97. The molecule has 3 unspecified atom stereocenters. The Bertz CT molecular complexity index is 642. The topological polar surface area (TPSA) is 83.4 Å². The van der Waals surface area contributed by atoms with Gasteiger partial charge in [-0.15, -0.1) is 16.8 Å². The minimum Gasteiger partial charge on any atom is -0.465 e. The number of hydrogen-bond acceptors (Lipinski definition) is 7. The van der Waals surface area contributed by atoms with Crippen LogP contribution in [0.4, 0.5) is 0 Å². The Morgan fingerprint density at radius 2 is 1.77 bits per heavy atom. The zero-order chi connectivity index (χ0) is 23.2. The molecule has 7 nitrogen and oxygen atoms in total. The van der Waals surface area contributed by atoms with Crippen molar-refractivity contribution in [2.75, 3.05) is 19.8 Å². The third-order valence-electron chi connectivity index (χ3n) is 5.71. The summed E-state index contributed by atoms with van der Waals surface area (Å²) in [6.07, 6.45) is 1.50. The van der Waals surface area contributed by atoms with E-state index in [1.165, 1.54) is 0 Å². The van der Waals surface area contributed by atoms with Crippen LogP contribution in [0.15, 0.2) is 5.16 Å². The molecule has 176 valence electrons. The van der Waals surface area contributed by atoms with Gasteiger partial charge in [0.05, 0.1) is 30.9 Å². The number of esters is 1. The summed E-state index contributed by atoms with van der Waals surface area (Å²) in [5.74, 6) is -0.547. The van der Waals surface area contributed by atoms with Gasteiger partial charge in [-0.1, -0.05) is 20.8 Å². The normalized spacial score (nSPS) is 22.9. The van der Waals surface area contributed by atoms with Crippen LogP contribution in [0.2, 0.25) is 18.1 Å². The molecule has 1 fully saturated rings. The lowest BCUT2D eigenvalue weighted by Crippen LogP contribution is -2.39. The Kier molecular flexibility index (Phi) is 10.6. The van der Waals surface area contributed by atoms with E-state index in [4.69, 9.17) is 29.9 Å². The van der Waals surface area contributed by atoms with Gasteiger partial charge in [-0.3, -0.25) is 9.36 Å². The SMILES string of the molecule is CCOC(=O)C(CC1C/C(=N\O[Si](C)(C)C(C)(C)C)C(Cl)C1)P(=O)(OCC)OCC. The summed E-state index contributed by atoms with van der Waals surface area (Å²) in [5, 5.41) is 4.17. The van der Waals surface area contributed by atoms with Crippen LogP contribution in [0.1, 0.15) is 60.8 Å². The fourth-order valence-electron chi connectivity index (χ4n) is 3.01. The van der Waals surface area contributed by atoms with Gasteiger partial charge < -0.3 is 18.3 Å². The number of rotatable bonds is 11. The van der Waals surface area contributed by atoms with Gasteiger partial charge in [0.15, 0.2) is 5.66 Å². The van der Waals surface area contributed by atoms with Crippen molar-refractivity contribution in [2.45, 2.75) is 90.0 Å². The van der Waals surface area contributed by atoms with E-state index in [1.54, 1.807) is 20.8 Å². The van der Waals surface area contributed by atoms with E-state index in [9.17, 15) is 9.36 Å². The number of nitrogens with zero attached hydrogens (tertiary/aromatic N) is 1. The summed E-state index contributed by atoms with van der Waals surface area (Å²) in [4.78, 5) is 12.6. The standard InChI is InChI=1S/C20H39ClNO6PSi/c1-9-25-19(23)18(29(24,26-10-2)27-11-3)14-15-12-16(21)17(13-15)22-28-30(7,8)20(4,5)6/h15-16,18H,9-14H2,1-8H3/b22-17+. The van der Waals surface area contributed by atoms with Crippen molar-refractivity contribution in [2.24, 2.45) is 11.1 Å². The molecule has 0 amide bonds. The Balaban J connectivity index is 3.00. The van der Waals surface area contributed by atoms with E-state index < -0.39 is 27.5 Å². The summed E-state index contributed by atoms with van der Waals surface area (Å²) in [7, 11) is -5.69. The van der Waals surface area contributed by atoms with Crippen LogP contribution in [-0.2, 0) is 27.7 Å². The summed E-state index contributed by atoms with van der Waals surface area (Å²) >= 11 is 6.53. The second-order valence-corrected chi connectivity index (χ2v) is 16.5. The molecule has 1 aliphatic carbocycles. The van der Waals surface area contributed by atoms with Crippen molar-refractivity contribution in [3.05, 3.63) is 0 Å². The van der Waals surface area contributed by atoms with Crippen LogP contribution < -0.4 is 0 Å². The van der Waals surface area contributed by atoms with Gasteiger partial charge in [-0.2, -0.15) is 0 Å². The minimum atomic E-state index is -3.65. The van der Waals surface area contributed by atoms with Crippen LogP contribution in [0.5, 0.6) is 0 Å². The van der Waals surface area contributed by atoms with Gasteiger partial charge in [-0.25, -0.2) is 0 Å². The summed E-state index contributed by atoms with van der Waals surface area (Å²) in [6, 6.07) is 0. The molecule has 0 aliphatic heterocycles. The maximum atomic E-state index is 13.3. The third-order valence-corrected chi connectivity index (χ3v) is 12.7. The Hall–Kier alpha value is -0.403. The highest BCUT2D eigenvalue weighted by Gasteiger charge is 2.46. The smallest absolute Gasteiger partial charge is 0.344 e. The van der Waals surface area contributed by atoms with Gasteiger partial charge in [0.2, 0.25) is 0 Å². The first-order chi connectivity index (χ1) is 13.8.